The summed E-state index contributed by atoms with van der Waals surface area (Å²) >= 11 is 5.23. The van der Waals surface area contributed by atoms with Gasteiger partial charge in [-0.3, -0.25) is 14.4 Å². The minimum Gasteiger partial charge on any atom is -0.294 e. The predicted molar refractivity (Wildman–Crippen MR) is 33.6 cm³/mol. The van der Waals surface area contributed by atoms with Crippen molar-refractivity contribution in [3.05, 3.63) is 11.1 Å². The van der Waals surface area contributed by atoms with Gasteiger partial charge in [0.2, 0.25) is 11.6 Å². The third-order valence-corrected chi connectivity index (χ3v) is 1.37. The second-order valence-electron chi connectivity index (χ2n) is 1.89. The van der Waals surface area contributed by atoms with Crippen LogP contribution in [0.5, 0.6) is 0 Å². The van der Waals surface area contributed by atoms with E-state index in [0.717, 1.165) is 6.08 Å². The Bertz CT molecular complexity index is 252. The SMILES string of the molecule is O=C1C=C(Cl)C(=O)C(=O)C1. The van der Waals surface area contributed by atoms with Crippen LogP contribution in [0.1, 0.15) is 6.42 Å². The van der Waals surface area contributed by atoms with E-state index in [4.69, 9.17) is 11.6 Å². The molecule has 0 heterocycles. The molecule has 0 aromatic heterocycles. The van der Waals surface area contributed by atoms with Crippen LogP contribution in [0.3, 0.4) is 0 Å². The molecule has 0 amide bonds. The first kappa shape index (κ1) is 7.15. The quantitative estimate of drug-likeness (QED) is 0.374. The molecule has 0 aliphatic heterocycles. The largest absolute Gasteiger partial charge is 0.294 e. The van der Waals surface area contributed by atoms with E-state index in [9.17, 15) is 14.4 Å². The molecule has 0 aromatic carbocycles. The molecule has 4 heteroatoms. The molecule has 0 aromatic rings. The number of carbonyl (C=O) groups excluding carboxylic acids is 3. The Morgan fingerprint density at radius 1 is 1.30 bits per heavy atom. The lowest BCUT2D eigenvalue weighted by Crippen LogP contribution is -2.22. The minimum atomic E-state index is -0.763. The highest BCUT2D eigenvalue weighted by Crippen LogP contribution is 2.11. The molecule has 0 spiro atoms. The maximum absolute atomic E-state index is 10.6. The van der Waals surface area contributed by atoms with Crippen LogP contribution >= 0.6 is 11.6 Å². The fraction of sp³-hybridized carbons (Fsp3) is 0.167. The highest BCUT2D eigenvalue weighted by atomic mass is 35.5. The van der Waals surface area contributed by atoms with Gasteiger partial charge in [0.25, 0.3) is 0 Å². The first-order valence-corrected chi connectivity index (χ1v) is 2.96. The first-order chi connectivity index (χ1) is 4.61. The summed E-state index contributed by atoms with van der Waals surface area (Å²) in [5, 5.41) is -0.277. The van der Waals surface area contributed by atoms with Crippen molar-refractivity contribution in [1.29, 1.82) is 0 Å². The van der Waals surface area contributed by atoms with Crippen LogP contribution < -0.4 is 0 Å². The number of hydrogen-bond donors (Lipinski definition) is 0. The molecule has 10 heavy (non-hydrogen) atoms. The summed E-state index contributed by atoms with van der Waals surface area (Å²) in [6, 6.07) is 0. The van der Waals surface area contributed by atoms with Crippen molar-refractivity contribution in [3.8, 4) is 0 Å². The Hall–Kier alpha value is -0.960. The van der Waals surface area contributed by atoms with Gasteiger partial charge in [0, 0.05) is 6.08 Å². The molecule has 0 saturated carbocycles. The molecule has 0 saturated heterocycles. The zero-order valence-corrected chi connectivity index (χ0v) is 5.64. The maximum atomic E-state index is 10.6. The average molecular weight is 159 g/mol. The number of rotatable bonds is 0. The minimum absolute atomic E-state index is 0.277. The maximum Gasteiger partial charge on any atom is 0.240 e. The second-order valence-corrected chi connectivity index (χ2v) is 2.29. The molecule has 0 atom stereocenters. The van der Waals surface area contributed by atoms with Crippen LogP contribution in [-0.4, -0.2) is 17.3 Å². The number of allylic oxidation sites excluding steroid dienone is 2. The normalized spacial score (nSPS) is 19.3. The molecular formula is C6H3ClO3. The van der Waals surface area contributed by atoms with Crippen molar-refractivity contribution in [1.82, 2.24) is 0 Å². The van der Waals surface area contributed by atoms with Crippen LogP contribution in [0, 0.1) is 0 Å². The van der Waals surface area contributed by atoms with Gasteiger partial charge < -0.3 is 0 Å². The number of ketones is 3. The summed E-state index contributed by atoms with van der Waals surface area (Å²) < 4.78 is 0. The Kier molecular flexibility index (Phi) is 1.68. The predicted octanol–water partition coefficient (Wildman–Crippen LogP) is 0.220. The Balaban J connectivity index is 3.03. The summed E-state index contributed by atoms with van der Waals surface area (Å²) in [5.41, 5.74) is 0. The van der Waals surface area contributed by atoms with Crippen LogP contribution in [-0.2, 0) is 14.4 Å². The standard InChI is InChI=1S/C6H3ClO3/c7-4-1-3(8)2-5(9)6(4)10/h1H,2H2. The van der Waals surface area contributed by atoms with Crippen LogP contribution in [0.4, 0.5) is 0 Å². The van der Waals surface area contributed by atoms with Crippen LogP contribution in [0.15, 0.2) is 11.1 Å². The van der Waals surface area contributed by atoms with Gasteiger partial charge in [-0.25, -0.2) is 0 Å². The number of carbonyl (C=O) groups is 3. The zero-order chi connectivity index (χ0) is 7.72. The average Bonchev–Trinajstić information content (AvgIpc) is 1.82. The van der Waals surface area contributed by atoms with Gasteiger partial charge in [-0.05, 0) is 0 Å². The van der Waals surface area contributed by atoms with E-state index >= 15 is 0 Å². The number of halogens is 1. The summed E-state index contributed by atoms with van der Waals surface area (Å²) in [6.07, 6.45) is 0.639. The lowest BCUT2D eigenvalue weighted by Gasteiger charge is -2.01. The zero-order valence-electron chi connectivity index (χ0n) is 4.89. The van der Waals surface area contributed by atoms with E-state index < -0.39 is 17.3 Å². The summed E-state index contributed by atoms with van der Waals surface area (Å²) in [5.74, 6) is -1.90. The van der Waals surface area contributed by atoms with Gasteiger partial charge in [-0.2, -0.15) is 0 Å². The van der Waals surface area contributed by atoms with E-state index in [1.165, 1.54) is 0 Å². The van der Waals surface area contributed by atoms with E-state index in [0.29, 0.717) is 0 Å². The van der Waals surface area contributed by atoms with Gasteiger partial charge in [0.05, 0.1) is 11.5 Å². The summed E-state index contributed by atoms with van der Waals surface area (Å²) in [6.45, 7) is 0. The van der Waals surface area contributed by atoms with E-state index in [1.807, 2.05) is 0 Å². The molecule has 1 aliphatic rings. The molecular weight excluding hydrogens is 156 g/mol. The third-order valence-electron chi connectivity index (χ3n) is 1.09. The van der Waals surface area contributed by atoms with Gasteiger partial charge in [-0.15, -0.1) is 0 Å². The van der Waals surface area contributed by atoms with Crippen molar-refractivity contribution in [2.24, 2.45) is 0 Å². The summed E-state index contributed by atoms with van der Waals surface area (Å²) in [4.78, 5) is 31.6. The topological polar surface area (TPSA) is 51.2 Å². The highest BCUT2D eigenvalue weighted by Gasteiger charge is 2.25. The first-order valence-electron chi connectivity index (χ1n) is 2.59. The number of Topliss-reactive ketones (excluding diaryl/α,β-unsaturated/α-hetero) is 2. The highest BCUT2D eigenvalue weighted by molar-refractivity contribution is 6.61. The molecule has 0 fully saturated rings. The smallest absolute Gasteiger partial charge is 0.240 e. The van der Waals surface area contributed by atoms with Crippen LogP contribution in [0.2, 0.25) is 0 Å². The van der Waals surface area contributed by atoms with Crippen molar-refractivity contribution in [2.45, 2.75) is 6.42 Å². The fourth-order valence-corrected chi connectivity index (χ4v) is 0.857. The van der Waals surface area contributed by atoms with Gasteiger partial charge in [0.1, 0.15) is 0 Å². The molecule has 1 aliphatic carbocycles. The van der Waals surface area contributed by atoms with Crippen molar-refractivity contribution < 1.29 is 14.4 Å². The lowest BCUT2D eigenvalue weighted by atomic mass is 10.0. The molecule has 52 valence electrons. The second kappa shape index (κ2) is 2.34. The van der Waals surface area contributed by atoms with Gasteiger partial charge in [0.15, 0.2) is 5.78 Å². The molecule has 0 unspecified atom stereocenters. The summed E-state index contributed by atoms with van der Waals surface area (Å²) in [7, 11) is 0. The van der Waals surface area contributed by atoms with E-state index in [-0.39, 0.29) is 11.5 Å². The molecule has 3 nitrogen and oxygen atoms in total. The Labute approximate surface area is 61.7 Å². The van der Waals surface area contributed by atoms with E-state index in [1.54, 1.807) is 0 Å². The third kappa shape index (κ3) is 1.14. The van der Waals surface area contributed by atoms with E-state index in [2.05, 4.69) is 0 Å². The fourth-order valence-electron chi connectivity index (χ4n) is 0.630. The van der Waals surface area contributed by atoms with Crippen molar-refractivity contribution in [2.75, 3.05) is 0 Å². The molecule has 1 rings (SSSR count). The molecule has 0 radical (unpaired) electrons. The van der Waals surface area contributed by atoms with Crippen LogP contribution in [0.25, 0.3) is 0 Å². The monoisotopic (exact) mass is 158 g/mol. The lowest BCUT2D eigenvalue weighted by molar-refractivity contribution is -0.136. The Morgan fingerprint density at radius 2 is 1.90 bits per heavy atom. The molecule has 0 bridgehead atoms. The van der Waals surface area contributed by atoms with Crippen molar-refractivity contribution in [3.63, 3.8) is 0 Å². The molecule has 0 N–H and O–H groups in total. The van der Waals surface area contributed by atoms with Gasteiger partial charge in [-0.1, -0.05) is 11.6 Å². The number of hydrogen-bond acceptors (Lipinski definition) is 3. The Morgan fingerprint density at radius 3 is 2.40 bits per heavy atom. The van der Waals surface area contributed by atoms with Crippen molar-refractivity contribution >= 4 is 29.0 Å². The van der Waals surface area contributed by atoms with Gasteiger partial charge >= 0.3 is 0 Å².